The van der Waals surface area contributed by atoms with E-state index < -0.39 is 0 Å². The van der Waals surface area contributed by atoms with Gasteiger partial charge in [0.1, 0.15) is 5.75 Å². The van der Waals surface area contributed by atoms with Gasteiger partial charge in [0.05, 0.1) is 12.5 Å². The maximum absolute atomic E-state index is 8.57. The van der Waals surface area contributed by atoms with Crippen molar-refractivity contribution in [3.8, 4) is 17.7 Å². The molecule has 0 aliphatic heterocycles. The molecular formula is C14H11ClN2O. The van der Waals surface area contributed by atoms with Crippen LogP contribution in [0.25, 0.3) is 0 Å². The molecule has 2 aromatic rings. The molecule has 90 valence electrons. The number of halogens is 1. The molecular weight excluding hydrogens is 248 g/mol. The fourth-order valence-corrected chi connectivity index (χ4v) is 1.60. The molecule has 3 nitrogen and oxygen atoms in total. The van der Waals surface area contributed by atoms with Gasteiger partial charge in [0.15, 0.2) is 0 Å². The summed E-state index contributed by atoms with van der Waals surface area (Å²) in [5.74, 6) is 1.66. The van der Waals surface area contributed by atoms with Crippen LogP contribution in [0.1, 0.15) is 11.1 Å². The second-order valence-corrected chi connectivity index (χ2v) is 3.99. The van der Waals surface area contributed by atoms with E-state index in [2.05, 4.69) is 11.1 Å². The molecule has 0 saturated heterocycles. The summed E-state index contributed by atoms with van der Waals surface area (Å²) in [7, 11) is 0. The molecule has 0 aliphatic rings. The average molecular weight is 259 g/mol. The maximum Gasteiger partial charge on any atom is 0.219 e. The largest absolute Gasteiger partial charge is 0.439 e. The topological polar surface area (TPSA) is 45.9 Å². The van der Waals surface area contributed by atoms with Crippen LogP contribution in [0.5, 0.6) is 11.6 Å². The standard InChI is InChI=1S/C14H11ClN2O/c15-9-12-3-6-14(17-10-12)18-13-4-1-11(2-5-13)7-8-16/h1-6,10H,7,9H2. The van der Waals surface area contributed by atoms with Gasteiger partial charge in [-0.25, -0.2) is 4.98 Å². The Hall–Kier alpha value is -2.05. The third-order valence-electron chi connectivity index (χ3n) is 2.38. The van der Waals surface area contributed by atoms with E-state index in [1.54, 1.807) is 12.3 Å². The SMILES string of the molecule is N#CCc1ccc(Oc2ccc(CCl)cn2)cc1. The van der Waals surface area contributed by atoms with E-state index in [-0.39, 0.29) is 0 Å². The van der Waals surface area contributed by atoms with Gasteiger partial charge in [-0.1, -0.05) is 18.2 Å². The lowest BCUT2D eigenvalue weighted by Gasteiger charge is -2.05. The summed E-state index contributed by atoms with van der Waals surface area (Å²) in [6.45, 7) is 0. The van der Waals surface area contributed by atoms with Gasteiger partial charge >= 0.3 is 0 Å². The number of alkyl halides is 1. The fourth-order valence-electron chi connectivity index (χ4n) is 1.44. The molecule has 1 heterocycles. The molecule has 0 amide bonds. The molecule has 0 unspecified atom stereocenters. The minimum absolute atomic E-state index is 0.406. The van der Waals surface area contributed by atoms with E-state index in [1.807, 2.05) is 30.3 Å². The highest BCUT2D eigenvalue weighted by atomic mass is 35.5. The van der Waals surface area contributed by atoms with Crippen molar-refractivity contribution in [3.63, 3.8) is 0 Å². The minimum Gasteiger partial charge on any atom is -0.439 e. The van der Waals surface area contributed by atoms with Gasteiger partial charge in [0.25, 0.3) is 0 Å². The van der Waals surface area contributed by atoms with Gasteiger partial charge in [-0.05, 0) is 23.3 Å². The summed E-state index contributed by atoms with van der Waals surface area (Å²) in [5, 5.41) is 8.57. The predicted octanol–water partition coefficient (Wildman–Crippen LogP) is 3.68. The summed E-state index contributed by atoms with van der Waals surface area (Å²) < 4.78 is 5.57. The van der Waals surface area contributed by atoms with Crippen molar-refractivity contribution in [1.29, 1.82) is 5.26 Å². The number of aromatic nitrogens is 1. The second kappa shape index (κ2) is 6.04. The first-order chi connectivity index (χ1) is 8.81. The molecule has 18 heavy (non-hydrogen) atoms. The second-order valence-electron chi connectivity index (χ2n) is 3.72. The van der Waals surface area contributed by atoms with Crippen molar-refractivity contribution >= 4 is 11.6 Å². The van der Waals surface area contributed by atoms with Crippen molar-refractivity contribution in [2.45, 2.75) is 12.3 Å². The number of nitrogens with zero attached hydrogens (tertiary/aromatic N) is 2. The van der Waals surface area contributed by atoms with Crippen LogP contribution in [-0.2, 0) is 12.3 Å². The number of benzene rings is 1. The molecule has 1 aromatic carbocycles. The lowest BCUT2D eigenvalue weighted by Crippen LogP contribution is -1.89. The van der Waals surface area contributed by atoms with E-state index in [0.29, 0.717) is 23.9 Å². The Bertz CT molecular complexity index is 544. The third kappa shape index (κ3) is 3.22. The van der Waals surface area contributed by atoms with Crippen LogP contribution in [0, 0.1) is 11.3 Å². The summed E-state index contributed by atoms with van der Waals surface area (Å²) >= 11 is 5.68. The molecule has 0 aliphatic carbocycles. The van der Waals surface area contributed by atoms with E-state index in [0.717, 1.165) is 11.1 Å². The number of rotatable bonds is 4. The van der Waals surface area contributed by atoms with E-state index in [4.69, 9.17) is 21.6 Å². The molecule has 0 N–H and O–H groups in total. The van der Waals surface area contributed by atoms with Crippen molar-refractivity contribution in [1.82, 2.24) is 4.98 Å². The van der Waals surface area contributed by atoms with Gasteiger partial charge in [-0.15, -0.1) is 11.6 Å². The predicted molar refractivity (Wildman–Crippen MR) is 69.6 cm³/mol. The van der Waals surface area contributed by atoms with Crippen molar-refractivity contribution < 1.29 is 4.74 Å². The molecule has 2 rings (SSSR count). The van der Waals surface area contributed by atoms with E-state index in [9.17, 15) is 0 Å². The molecule has 0 atom stereocenters. The van der Waals surface area contributed by atoms with Crippen LogP contribution in [-0.4, -0.2) is 4.98 Å². The molecule has 0 fully saturated rings. The average Bonchev–Trinajstić information content (AvgIpc) is 2.42. The summed E-state index contributed by atoms with van der Waals surface area (Å²) in [5.41, 5.74) is 1.92. The molecule has 0 saturated carbocycles. The van der Waals surface area contributed by atoms with Gasteiger partial charge < -0.3 is 4.74 Å². The lowest BCUT2D eigenvalue weighted by molar-refractivity contribution is 0.462. The first-order valence-electron chi connectivity index (χ1n) is 5.46. The van der Waals surface area contributed by atoms with Gasteiger partial charge in [-0.3, -0.25) is 0 Å². The van der Waals surface area contributed by atoms with E-state index >= 15 is 0 Å². The highest BCUT2D eigenvalue weighted by Crippen LogP contribution is 2.20. The zero-order valence-corrected chi connectivity index (χ0v) is 10.4. The molecule has 0 bridgehead atoms. The Morgan fingerprint density at radius 2 is 1.83 bits per heavy atom. The highest BCUT2D eigenvalue weighted by molar-refractivity contribution is 6.17. The number of ether oxygens (including phenoxy) is 1. The van der Waals surface area contributed by atoms with Gasteiger partial charge in [0, 0.05) is 18.1 Å². The Morgan fingerprint density at radius 1 is 1.11 bits per heavy atom. The van der Waals surface area contributed by atoms with Crippen LogP contribution in [0.2, 0.25) is 0 Å². The maximum atomic E-state index is 8.57. The van der Waals surface area contributed by atoms with Crippen molar-refractivity contribution in [3.05, 3.63) is 53.7 Å². The zero-order valence-electron chi connectivity index (χ0n) is 9.64. The van der Waals surface area contributed by atoms with Crippen LogP contribution >= 0.6 is 11.6 Å². The number of hydrogen-bond acceptors (Lipinski definition) is 3. The molecule has 1 aromatic heterocycles. The third-order valence-corrected chi connectivity index (χ3v) is 2.69. The van der Waals surface area contributed by atoms with E-state index in [1.165, 1.54) is 0 Å². The molecule has 0 radical (unpaired) electrons. The Kier molecular flexibility index (Phi) is 4.16. The summed E-state index contributed by atoms with van der Waals surface area (Å²) in [4.78, 5) is 4.14. The Labute approximate surface area is 111 Å². The van der Waals surface area contributed by atoms with Crippen molar-refractivity contribution in [2.75, 3.05) is 0 Å². The van der Waals surface area contributed by atoms with Crippen LogP contribution < -0.4 is 4.74 Å². The van der Waals surface area contributed by atoms with Crippen molar-refractivity contribution in [2.24, 2.45) is 0 Å². The number of hydrogen-bond donors (Lipinski definition) is 0. The van der Waals surface area contributed by atoms with Crippen LogP contribution in [0.3, 0.4) is 0 Å². The smallest absolute Gasteiger partial charge is 0.219 e. The zero-order chi connectivity index (χ0) is 12.8. The first kappa shape index (κ1) is 12.4. The fraction of sp³-hybridized carbons (Fsp3) is 0.143. The van der Waals surface area contributed by atoms with Crippen LogP contribution in [0.15, 0.2) is 42.6 Å². The van der Waals surface area contributed by atoms with Gasteiger partial charge in [-0.2, -0.15) is 5.26 Å². The van der Waals surface area contributed by atoms with Gasteiger partial charge in [0.2, 0.25) is 5.88 Å². The molecule has 0 spiro atoms. The normalized spacial score (nSPS) is 9.78. The number of pyridine rings is 1. The molecule has 4 heteroatoms. The number of nitriles is 1. The lowest BCUT2D eigenvalue weighted by atomic mass is 10.2. The first-order valence-corrected chi connectivity index (χ1v) is 6.00. The summed E-state index contributed by atoms with van der Waals surface area (Å²) in [6.07, 6.45) is 2.09. The highest BCUT2D eigenvalue weighted by Gasteiger charge is 1.99. The summed E-state index contributed by atoms with van der Waals surface area (Å²) in [6, 6.07) is 13.1. The monoisotopic (exact) mass is 258 g/mol. The van der Waals surface area contributed by atoms with Crippen LogP contribution in [0.4, 0.5) is 0 Å². The minimum atomic E-state index is 0.406. The Morgan fingerprint density at radius 3 is 2.39 bits per heavy atom. The quantitative estimate of drug-likeness (QED) is 0.786. The Balaban J connectivity index is 2.06.